The lowest BCUT2D eigenvalue weighted by atomic mass is 9.70. The van der Waals surface area contributed by atoms with Crippen molar-refractivity contribution in [3.05, 3.63) is 90.0 Å². The number of amides is 2. The molecule has 3 rings (SSSR count). The zero-order chi connectivity index (χ0) is 21.6. The van der Waals surface area contributed by atoms with Gasteiger partial charge in [-0.25, -0.2) is 4.79 Å². The molecule has 0 aliphatic heterocycles. The second-order valence-corrected chi connectivity index (χ2v) is 7.33. The van der Waals surface area contributed by atoms with Gasteiger partial charge in [-0.3, -0.25) is 9.69 Å². The number of hydrogen-bond donors (Lipinski definition) is 3. The molecule has 2 atom stereocenters. The summed E-state index contributed by atoms with van der Waals surface area (Å²) >= 11 is 0. The number of allylic oxidation sites excluding steroid dienone is 2. The summed E-state index contributed by atoms with van der Waals surface area (Å²) in [7, 11) is 0. The van der Waals surface area contributed by atoms with E-state index in [1.807, 2.05) is 78.9 Å². The third-order valence-corrected chi connectivity index (χ3v) is 5.51. The molecule has 0 saturated carbocycles. The number of aliphatic hydroxyl groups is 1. The summed E-state index contributed by atoms with van der Waals surface area (Å²) in [4.78, 5) is 25.2. The van der Waals surface area contributed by atoms with Gasteiger partial charge in [0.05, 0.1) is 12.1 Å². The molecule has 2 amide bonds. The van der Waals surface area contributed by atoms with E-state index in [1.165, 1.54) is 4.90 Å². The van der Waals surface area contributed by atoms with E-state index in [0.717, 1.165) is 16.7 Å². The van der Waals surface area contributed by atoms with Gasteiger partial charge in [0, 0.05) is 18.9 Å². The average Bonchev–Trinajstić information content (AvgIpc) is 2.77. The summed E-state index contributed by atoms with van der Waals surface area (Å²) in [5.74, 6) is -0.840. The minimum absolute atomic E-state index is 0.0188. The third kappa shape index (κ3) is 4.44. The lowest BCUT2D eigenvalue weighted by Crippen LogP contribution is -2.55. The molecule has 2 unspecified atom stereocenters. The Bertz CT molecular complexity index is 940. The maximum absolute atomic E-state index is 12.3. The Morgan fingerprint density at radius 1 is 1.03 bits per heavy atom. The van der Waals surface area contributed by atoms with E-state index in [0.29, 0.717) is 0 Å². The van der Waals surface area contributed by atoms with Crippen LogP contribution >= 0.6 is 0 Å². The predicted octanol–water partition coefficient (Wildman–Crippen LogP) is 3.40. The molecule has 0 radical (unpaired) electrons. The van der Waals surface area contributed by atoms with Crippen molar-refractivity contribution in [3.8, 4) is 0 Å². The Morgan fingerprint density at radius 3 is 2.23 bits per heavy atom. The van der Waals surface area contributed by atoms with E-state index in [2.05, 4.69) is 0 Å². The Balaban J connectivity index is 2.21. The van der Waals surface area contributed by atoms with Crippen molar-refractivity contribution in [1.29, 1.82) is 0 Å². The van der Waals surface area contributed by atoms with Gasteiger partial charge < -0.3 is 15.9 Å². The maximum Gasteiger partial charge on any atom is 0.408 e. The number of benzene rings is 2. The maximum atomic E-state index is 12.3. The molecular formula is C24H26N2O4. The molecule has 156 valence electrons. The Hall–Kier alpha value is -3.38. The van der Waals surface area contributed by atoms with Gasteiger partial charge in [-0.15, -0.1) is 0 Å². The molecule has 0 fully saturated rings. The number of primary amides is 1. The van der Waals surface area contributed by atoms with E-state index >= 15 is 0 Å². The lowest BCUT2D eigenvalue weighted by molar-refractivity contribution is -0.118. The molecule has 0 heterocycles. The number of carbonyl (C=O) groups excluding carboxylic acids is 1. The van der Waals surface area contributed by atoms with Crippen LogP contribution in [-0.2, 0) is 4.79 Å². The van der Waals surface area contributed by atoms with Crippen LogP contribution in [0.25, 0.3) is 5.57 Å². The van der Waals surface area contributed by atoms with E-state index < -0.39 is 17.5 Å². The number of nitrogens with zero attached hydrogens (tertiary/aromatic N) is 1. The molecule has 0 saturated heterocycles. The van der Waals surface area contributed by atoms with Crippen LogP contribution in [0.15, 0.2) is 78.9 Å². The number of rotatable bonds is 8. The molecular weight excluding hydrogens is 380 g/mol. The fourth-order valence-corrected chi connectivity index (χ4v) is 4.16. The van der Waals surface area contributed by atoms with Gasteiger partial charge in [-0.1, -0.05) is 78.9 Å². The van der Waals surface area contributed by atoms with Crippen LogP contribution in [0.3, 0.4) is 0 Å². The van der Waals surface area contributed by atoms with Crippen LogP contribution in [0, 0.1) is 0 Å². The van der Waals surface area contributed by atoms with Gasteiger partial charge in [0.15, 0.2) is 0 Å². The smallest absolute Gasteiger partial charge is 0.408 e. The van der Waals surface area contributed by atoms with Crippen molar-refractivity contribution in [2.75, 3.05) is 13.2 Å². The van der Waals surface area contributed by atoms with Crippen molar-refractivity contribution in [2.24, 2.45) is 5.73 Å². The third-order valence-electron chi connectivity index (χ3n) is 5.51. The van der Waals surface area contributed by atoms with Crippen LogP contribution in [0.2, 0.25) is 0 Å². The predicted molar refractivity (Wildman–Crippen MR) is 116 cm³/mol. The SMILES string of the molecule is NC(=O)CCC1(N(CCO)C(=O)O)C=C(c2ccccc2)C=CC1c1ccccc1. The summed E-state index contributed by atoms with van der Waals surface area (Å²) in [6.45, 7) is -0.409. The van der Waals surface area contributed by atoms with E-state index in [-0.39, 0.29) is 31.9 Å². The molecule has 6 nitrogen and oxygen atoms in total. The molecule has 1 aliphatic rings. The first kappa shape index (κ1) is 21.3. The van der Waals surface area contributed by atoms with E-state index in [1.54, 1.807) is 0 Å². The van der Waals surface area contributed by atoms with Crippen molar-refractivity contribution in [3.63, 3.8) is 0 Å². The highest BCUT2D eigenvalue weighted by Gasteiger charge is 2.46. The van der Waals surface area contributed by atoms with Gasteiger partial charge in [0.2, 0.25) is 5.91 Å². The minimum Gasteiger partial charge on any atom is -0.465 e. The first-order valence-electron chi connectivity index (χ1n) is 9.89. The van der Waals surface area contributed by atoms with Crippen LogP contribution in [-0.4, -0.2) is 45.8 Å². The van der Waals surface area contributed by atoms with Gasteiger partial charge >= 0.3 is 6.09 Å². The normalized spacial score (nSPS) is 20.4. The monoisotopic (exact) mass is 406 g/mol. The number of β-amino-alcohol motifs (C(OH)–C–C–N with tert-alkyl or cyclic N) is 1. The lowest BCUT2D eigenvalue weighted by Gasteiger charge is -2.47. The van der Waals surface area contributed by atoms with Crippen LogP contribution < -0.4 is 5.73 Å². The fourth-order valence-electron chi connectivity index (χ4n) is 4.16. The zero-order valence-corrected chi connectivity index (χ0v) is 16.6. The summed E-state index contributed by atoms with van der Waals surface area (Å²) < 4.78 is 0. The number of hydrogen-bond acceptors (Lipinski definition) is 3. The molecule has 30 heavy (non-hydrogen) atoms. The van der Waals surface area contributed by atoms with Crippen LogP contribution in [0.5, 0.6) is 0 Å². The van der Waals surface area contributed by atoms with Crippen LogP contribution in [0.1, 0.15) is 29.9 Å². The number of nitrogens with two attached hydrogens (primary N) is 1. The highest BCUT2D eigenvalue weighted by Crippen LogP contribution is 2.44. The molecule has 4 N–H and O–H groups in total. The molecule has 6 heteroatoms. The van der Waals surface area contributed by atoms with E-state index in [9.17, 15) is 19.8 Å². The largest absolute Gasteiger partial charge is 0.465 e. The van der Waals surface area contributed by atoms with Gasteiger partial charge in [0.1, 0.15) is 0 Å². The van der Waals surface area contributed by atoms with Crippen LogP contribution in [0.4, 0.5) is 4.79 Å². The molecule has 2 aromatic rings. The molecule has 2 aromatic carbocycles. The summed E-state index contributed by atoms with van der Waals surface area (Å²) in [5.41, 5.74) is 7.10. The Kier molecular flexibility index (Phi) is 6.69. The highest BCUT2D eigenvalue weighted by atomic mass is 16.4. The van der Waals surface area contributed by atoms with Crippen molar-refractivity contribution < 1.29 is 19.8 Å². The fraction of sp³-hybridized carbons (Fsp3) is 0.250. The molecule has 0 aromatic heterocycles. The van der Waals surface area contributed by atoms with Crippen molar-refractivity contribution >= 4 is 17.6 Å². The topological polar surface area (TPSA) is 104 Å². The highest BCUT2D eigenvalue weighted by molar-refractivity contribution is 5.80. The van der Waals surface area contributed by atoms with Gasteiger partial charge in [0.25, 0.3) is 0 Å². The molecule has 1 aliphatic carbocycles. The summed E-state index contributed by atoms with van der Waals surface area (Å²) in [6, 6.07) is 19.2. The zero-order valence-electron chi connectivity index (χ0n) is 16.6. The standard InChI is InChI=1S/C24H26N2O4/c25-22(28)13-14-24(26(15-16-27)23(29)30)17-20(18-7-3-1-4-8-18)11-12-21(24)19-9-5-2-6-10-19/h1-12,17,21,27H,13-16H2,(H2,25,28)(H,29,30). The Morgan fingerprint density at radius 2 is 1.67 bits per heavy atom. The average molecular weight is 406 g/mol. The number of carbonyl (C=O) groups is 2. The van der Waals surface area contributed by atoms with Crippen molar-refractivity contribution in [1.82, 2.24) is 4.90 Å². The second kappa shape index (κ2) is 9.41. The quantitative estimate of drug-likeness (QED) is 0.625. The Labute approximate surface area is 175 Å². The first-order valence-corrected chi connectivity index (χ1v) is 9.89. The van der Waals surface area contributed by atoms with Gasteiger partial charge in [-0.05, 0) is 23.1 Å². The molecule has 0 spiro atoms. The molecule has 0 bridgehead atoms. The summed E-state index contributed by atoms with van der Waals surface area (Å²) in [5, 5.41) is 19.7. The van der Waals surface area contributed by atoms with Gasteiger partial charge in [-0.2, -0.15) is 0 Å². The van der Waals surface area contributed by atoms with Crippen molar-refractivity contribution in [2.45, 2.75) is 24.3 Å². The second-order valence-electron chi connectivity index (χ2n) is 7.33. The number of carboxylic acid groups (broad SMARTS) is 1. The number of aliphatic hydroxyl groups excluding tert-OH is 1. The summed E-state index contributed by atoms with van der Waals surface area (Å²) in [6.07, 6.45) is 4.93. The minimum atomic E-state index is -1.16. The van der Waals surface area contributed by atoms with E-state index in [4.69, 9.17) is 5.73 Å². The first-order chi connectivity index (χ1) is 14.5.